The zero-order chi connectivity index (χ0) is 28.0. The molecule has 0 radical (unpaired) electrons. The summed E-state index contributed by atoms with van der Waals surface area (Å²) in [5, 5.41) is 0. The first-order valence-electron chi connectivity index (χ1n) is 18.4. The van der Waals surface area contributed by atoms with Crippen LogP contribution in [0.4, 0.5) is 0 Å². The smallest absolute Gasteiger partial charge is 0.0182 e. The van der Waals surface area contributed by atoms with Crippen LogP contribution < -0.4 is 5.73 Å². The van der Waals surface area contributed by atoms with Crippen molar-refractivity contribution in [3.63, 3.8) is 0 Å². The van der Waals surface area contributed by atoms with E-state index in [-0.39, 0.29) is 17.9 Å². The Balaban J connectivity index is 0. The van der Waals surface area contributed by atoms with Gasteiger partial charge in [-0.25, -0.2) is 0 Å². The molecular weight excluding hydrogens is 494 g/mol. The molecule has 1 atom stereocenters. The lowest BCUT2D eigenvalue weighted by atomic mass is 9.72. The third kappa shape index (κ3) is 26.9. The van der Waals surface area contributed by atoms with E-state index in [2.05, 4.69) is 27.7 Å². The molecule has 0 aromatic carbocycles. The van der Waals surface area contributed by atoms with Gasteiger partial charge in [0.25, 0.3) is 0 Å². The van der Waals surface area contributed by atoms with Crippen LogP contribution in [0, 0.1) is 5.92 Å². The average molecular weight is 572 g/mol. The number of nitrogens with two attached hydrogens (primary N) is 1. The van der Waals surface area contributed by atoms with Gasteiger partial charge in [0.05, 0.1) is 0 Å². The first-order chi connectivity index (χ1) is 18.6. The van der Waals surface area contributed by atoms with Crippen LogP contribution in [0.5, 0.6) is 0 Å². The Morgan fingerprint density at radius 3 is 0.872 bits per heavy atom. The van der Waals surface area contributed by atoms with Crippen LogP contribution >= 0.6 is 12.4 Å². The molecule has 0 heterocycles. The van der Waals surface area contributed by atoms with Crippen LogP contribution in [-0.4, -0.2) is 5.54 Å². The van der Waals surface area contributed by atoms with E-state index in [1.807, 2.05) is 0 Å². The molecule has 0 aliphatic carbocycles. The quantitative estimate of drug-likeness (QED) is 0.0798. The Morgan fingerprint density at radius 1 is 0.359 bits per heavy atom. The molecular formula is C37H78ClN. The number of halogens is 1. The topological polar surface area (TPSA) is 26.0 Å². The van der Waals surface area contributed by atoms with Crippen LogP contribution in [-0.2, 0) is 0 Å². The maximum Gasteiger partial charge on any atom is 0.0182 e. The Bertz CT molecular complexity index is 423. The van der Waals surface area contributed by atoms with E-state index in [1.54, 1.807) is 0 Å². The standard InChI is InChI=1S/C37H77N.ClH/c1-5-9-13-17-18-19-20-21-22-23-25-29-33-36(32-28-24-14-10-6-2)37(38,34-30-26-15-11-7-3)35-31-27-16-12-8-4;/h36H,5-35,38H2,1-4H3;1H. The minimum absolute atomic E-state index is 0. The van der Waals surface area contributed by atoms with Crippen molar-refractivity contribution in [2.24, 2.45) is 11.7 Å². The summed E-state index contributed by atoms with van der Waals surface area (Å²) in [7, 11) is 0. The molecule has 0 aliphatic heterocycles. The molecule has 2 N–H and O–H groups in total. The molecule has 0 aromatic rings. The van der Waals surface area contributed by atoms with Crippen LogP contribution in [0.25, 0.3) is 0 Å². The second-order valence-electron chi connectivity index (χ2n) is 13.1. The van der Waals surface area contributed by atoms with Crippen molar-refractivity contribution < 1.29 is 0 Å². The summed E-state index contributed by atoms with van der Waals surface area (Å²) >= 11 is 0. The Kier molecular flexibility index (Phi) is 34.8. The van der Waals surface area contributed by atoms with Gasteiger partial charge in [-0.2, -0.15) is 0 Å². The van der Waals surface area contributed by atoms with E-state index in [9.17, 15) is 0 Å². The lowest BCUT2D eigenvalue weighted by molar-refractivity contribution is 0.189. The first-order valence-corrected chi connectivity index (χ1v) is 18.4. The predicted molar refractivity (Wildman–Crippen MR) is 183 cm³/mol. The second-order valence-corrected chi connectivity index (χ2v) is 13.1. The molecule has 1 nitrogen and oxygen atoms in total. The highest BCUT2D eigenvalue weighted by Gasteiger charge is 2.33. The Labute approximate surface area is 255 Å². The highest BCUT2D eigenvalue weighted by Crippen LogP contribution is 2.35. The van der Waals surface area contributed by atoms with Crippen LogP contribution in [0.2, 0.25) is 0 Å². The molecule has 0 aromatic heterocycles. The summed E-state index contributed by atoms with van der Waals surface area (Å²) in [6.45, 7) is 9.30. The SMILES string of the molecule is CCCCCCCCCCCCCCC(CCCCCCC)C(N)(CCCCCCC)CCCCCCC.Cl. The summed E-state index contributed by atoms with van der Waals surface area (Å²) in [6, 6.07) is 0. The van der Waals surface area contributed by atoms with Gasteiger partial charge in [-0.15, -0.1) is 12.4 Å². The summed E-state index contributed by atoms with van der Waals surface area (Å²) in [4.78, 5) is 0. The van der Waals surface area contributed by atoms with E-state index in [0.29, 0.717) is 0 Å². The van der Waals surface area contributed by atoms with Gasteiger partial charge < -0.3 is 5.73 Å². The maximum absolute atomic E-state index is 7.45. The molecule has 0 amide bonds. The van der Waals surface area contributed by atoms with Crippen molar-refractivity contribution >= 4 is 12.4 Å². The maximum atomic E-state index is 7.45. The van der Waals surface area contributed by atoms with Crippen LogP contribution in [0.3, 0.4) is 0 Å². The van der Waals surface area contributed by atoms with Crippen LogP contribution in [0.1, 0.15) is 227 Å². The second kappa shape index (κ2) is 32.8. The third-order valence-corrected chi connectivity index (χ3v) is 9.37. The lowest BCUT2D eigenvalue weighted by Crippen LogP contribution is -2.47. The minimum Gasteiger partial charge on any atom is -0.325 e. The average Bonchev–Trinajstić information content (AvgIpc) is 2.92. The molecule has 2 heteroatoms. The van der Waals surface area contributed by atoms with Gasteiger partial charge in [-0.3, -0.25) is 0 Å². The number of rotatable bonds is 32. The van der Waals surface area contributed by atoms with E-state index < -0.39 is 0 Å². The highest BCUT2D eigenvalue weighted by atomic mass is 35.5. The summed E-state index contributed by atoms with van der Waals surface area (Å²) in [5.41, 5.74) is 7.55. The minimum atomic E-state index is 0. The molecule has 0 aliphatic rings. The summed E-state index contributed by atoms with van der Waals surface area (Å²) < 4.78 is 0. The fourth-order valence-electron chi connectivity index (χ4n) is 6.59. The number of unbranched alkanes of at least 4 members (excludes halogenated alkanes) is 23. The molecule has 0 bridgehead atoms. The van der Waals surface area contributed by atoms with Crippen LogP contribution in [0.15, 0.2) is 0 Å². The van der Waals surface area contributed by atoms with E-state index in [1.165, 1.54) is 199 Å². The zero-order valence-corrected chi connectivity index (χ0v) is 28.8. The molecule has 0 spiro atoms. The molecule has 0 fully saturated rings. The fourth-order valence-corrected chi connectivity index (χ4v) is 6.59. The monoisotopic (exact) mass is 572 g/mol. The van der Waals surface area contributed by atoms with Gasteiger partial charge in [-0.1, -0.05) is 201 Å². The first kappa shape index (κ1) is 41.4. The number of hydrogen-bond donors (Lipinski definition) is 1. The van der Waals surface area contributed by atoms with Gasteiger partial charge in [0, 0.05) is 5.54 Å². The van der Waals surface area contributed by atoms with E-state index >= 15 is 0 Å². The van der Waals surface area contributed by atoms with Crippen molar-refractivity contribution in [2.45, 2.75) is 232 Å². The van der Waals surface area contributed by atoms with Crippen molar-refractivity contribution in [3.8, 4) is 0 Å². The van der Waals surface area contributed by atoms with E-state index in [4.69, 9.17) is 5.73 Å². The molecule has 1 unspecified atom stereocenters. The molecule has 0 saturated carbocycles. The lowest BCUT2D eigenvalue weighted by Gasteiger charge is -2.39. The zero-order valence-electron chi connectivity index (χ0n) is 28.0. The van der Waals surface area contributed by atoms with Gasteiger partial charge >= 0.3 is 0 Å². The van der Waals surface area contributed by atoms with Gasteiger partial charge in [-0.05, 0) is 31.6 Å². The largest absolute Gasteiger partial charge is 0.325 e. The summed E-state index contributed by atoms with van der Waals surface area (Å²) in [5.74, 6) is 0.754. The Morgan fingerprint density at radius 2 is 0.590 bits per heavy atom. The molecule has 0 saturated heterocycles. The fraction of sp³-hybridized carbons (Fsp3) is 1.00. The van der Waals surface area contributed by atoms with Crippen molar-refractivity contribution in [1.29, 1.82) is 0 Å². The molecule has 0 rings (SSSR count). The van der Waals surface area contributed by atoms with Gasteiger partial charge in [0.15, 0.2) is 0 Å². The van der Waals surface area contributed by atoms with Gasteiger partial charge in [0.2, 0.25) is 0 Å². The predicted octanol–water partition coefficient (Wildman–Crippen LogP) is 13.9. The summed E-state index contributed by atoms with van der Waals surface area (Å²) in [6.07, 6.45) is 43.5. The highest BCUT2D eigenvalue weighted by molar-refractivity contribution is 5.85. The molecule has 39 heavy (non-hydrogen) atoms. The molecule has 238 valence electrons. The van der Waals surface area contributed by atoms with Crippen molar-refractivity contribution in [1.82, 2.24) is 0 Å². The van der Waals surface area contributed by atoms with Crippen molar-refractivity contribution in [3.05, 3.63) is 0 Å². The third-order valence-electron chi connectivity index (χ3n) is 9.37. The van der Waals surface area contributed by atoms with Gasteiger partial charge in [0.1, 0.15) is 0 Å². The Hall–Kier alpha value is 0.250. The van der Waals surface area contributed by atoms with Crippen molar-refractivity contribution in [2.75, 3.05) is 0 Å². The van der Waals surface area contributed by atoms with E-state index in [0.717, 1.165) is 5.92 Å². The normalized spacial score (nSPS) is 12.5. The number of hydrogen-bond acceptors (Lipinski definition) is 1.